The molecule has 0 spiro atoms. The normalized spacial score (nSPS) is 16.6. The van der Waals surface area contributed by atoms with E-state index >= 15 is 0 Å². The molecule has 0 N–H and O–H groups in total. The van der Waals surface area contributed by atoms with Gasteiger partial charge in [0.25, 0.3) is 0 Å². The molecule has 2 aliphatic heterocycles. The number of aromatic nitrogens is 1. The van der Waals surface area contributed by atoms with E-state index in [1.165, 1.54) is 0 Å². The van der Waals surface area contributed by atoms with Crippen LogP contribution in [-0.4, -0.2) is 27.6 Å². The Hall–Kier alpha value is -2.86. The van der Waals surface area contributed by atoms with Gasteiger partial charge in [0.2, 0.25) is 12.5 Å². The summed E-state index contributed by atoms with van der Waals surface area (Å²) in [5, 5.41) is 2.16. The molecule has 29 heavy (non-hydrogen) atoms. The molecule has 6 nitrogen and oxygen atoms in total. The second kappa shape index (κ2) is 7.52. The molecule has 0 fully saturated rings. The van der Waals surface area contributed by atoms with Gasteiger partial charge in [-0.2, -0.15) is 4.57 Å². The Morgan fingerprint density at radius 1 is 0.862 bits per heavy atom. The van der Waals surface area contributed by atoms with Crippen molar-refractivity contribution in [3.63, 3.8) is 0 Å². The average Bonchev–Trinajstić information content (AvgIpc) is 3.16. The van der Waals surface area contributed by atoms with E-state index in [9.17, 15) is 0 Å². The molecule has 0 radical (unpaired) electrons. The topological polar surface area (TPSA) is 50.0 Å². The first-order valence-corrected chi connectivity index (χ1v) is 9.32. The minimum Gasteiger partial charge on any atom is -1.00 e. The van der Waals surface area contributed by atoms with Gasteiger partial charge in [-0.05, 0) is 17.5 Å². The lowest BCUT2D eigenvalue weighted by Crippen LogP contribution is -3.00. The molecule has 0 bridgehead atoms. The predicted octanol–water partition coefficient (Wildman–Crippen LogP) is 0.573. The zero-order valence-corrected chi connectivity index (χ0v) is 17.3. The van der Waals surface area contributed by atoms with Gasteiger partial charge in [0.1, 0.15) is 5.75 Å². The van der Waals surface area contributed by atoms with Crippen LogP contribution in [0.5, 0.6) is 28.7 Å². The minimum atomic E-state index is 0. The molecule has 2 aliphatic rings. The quantitative estimate of drug-likeness (QED) is 0.573. The summed E-state index contributed by atoms with van der Waals surface area (Å²) in [6.07, 6.45) is 2.17. The Balaban J connectivity index is 0.00000205. The molecule has 1 aromatic heterocycles. The third-order valence-corrected chi connectivity index (χ3v) is 5.27. The Bertz CT molecular complexity index is 1080. The van der Waals surface area contributed by atoms with Crippen molar-refractivity contribution in [2.24, 2.45) is 5.92 Å². The number of nitrogens with zero attached hydrogens (tertiary/aromatic N) is 1. The van der Waals surface area contributed by atoms with E-state index in [-0.39, 0.29) is 19.2 Å². The van der Waals surface area contributed by atoms with E-state index < -0.39 is 0 Å². The Morgan fingerprint density at radius 3 is 2.28 bits per heavy atom. The number of fused-ring (bicyclic) bond motifs is 5. The van der Waals surface area contributed by atoms with Gasteiger partial charge in [0.05, 0.1) is 26.4 Å². The maximum absolute atomic E-state index is 6.12. The average molecular weight is 416 g/mol. The maximum atomic E-state index is 6.12. The van der Waals surface area contributed by atoms with Crippen molar-refractivity contribution < 1.29 is 40.7 Å². The molecule has 3 aromatic rings. The van der Waals surface area contributed by atoms with E-state index in [0.717, 1.165) is 51.6 Å². The van der Waals surface area contributed by atoms with Crippen molar-refractivity contribution >= 4 is 10.8 Å². The number of halogens is 1. The van der Waals surface area contributed by atoms with Crippen LogP contribution in [0.15, 0.2) is 36.5 Å². The number of ether oxygens (including phenoxy) is 5. The van der Waals surface area contributed by atoms with Crippen LogP contribution in [0, 0.1) is 5.92 Å². The van der Waals surface area contributed by atoms with Crippen molar-refractivity contribution in [3.8, 4) is 40.0 Å². The molecule has 5 rings (SSSR count). The number of hydrogen-bond donors (Lipinski definition) is 0. The van der Waals surface area contributed by atoms with Crippen LogP contribution in [0.4, 0.5) is 0 Å². The third kappa shape index (κ3) is 3.27. The van der Waals surface area contributed by atoms with Crippen LogP contribution in [0.25, 0.3) is 22.0 Å². The first kappa shape index (κ1) is 19.5. The van der Waals surface area contributed by atoms with Gasteiger partial charge in [-0.15, -0.1) is 0 Å². The lowest BCUT2D eigenvalue weighted by molar-refractivity contribution is -0.691. The van der Waals surface area contributed by atoms with E-state index in [1.807, 2.05) is 24.3 Å². The van der Waals surface area contributed by atoms with Crippen molar-refractivity contribution in [1.29, 1.82) is 0 Å². The molecule has 2 aromatic carbocycles. The van der Waals surface area contributed by atoms with Gasteiger partial charge in [0.15, 0.2) is 35.7 Å². The Morgan fingerprint density at radius 2 is 1.55 bits per heavy atom. The fourth-order valence-corrected chi connectivity index (χ4v) is 3.86. The standard InChI is InChI=1S/C22H22NO5.ClH/c1-13-9-23-10-15-6-20(25-3)19(24-2)5-14(15)4-17(23)16-7-21-22(28-12-27-21)8-18(16)26-11-13;/h4-8,10,13H,9,11-12H2,1-3H3;1H/q+1;/p-1. The number of rotatable bonds is 2. The summed E-state index contributed by atoms with van der Waals surface area (Å²) >= 11 is 0. The molecule has 0 amide bonds. The van der Waals surface area contributed by atoms with Crippen molar-refractivity contribution in [2.75, 3.05) is 27.6 Å². The highest BCUT2D eigenvalue weighted by Gasteiger charge is 2.28. The molecule has 0 saturated carbocycles. The van der Waals surface area contributed by atoms with Crippen molar-refractivity contribution in [1.82, 2.24) is 0 Å². The highest BCUT2D eigenvalue weighted by molar-refractivity contribution is 5.88. The first-order valence-electron chi connectivity index (χ1n) is 9.32. The summed E-state index contributed by atoms with van der Waals surface area (Å²) in [7, 11) is 3.31. The van der Waals surface area contributed by atoms with Crippen LogP contribution < -0.4 is 40.7 Å². The molecule has 1 unspecified atom stereocenters. The van der Waals surface area contributed by atoms with E-state index in [4.69, 9.17) is 23.7 Å². The zero-order valence-electron chi connectivity index (χ0n) is 16.5. The molecule has 3 heterocycles. The fourth-order valence-electron chi connectivity index (χ4n) is 3.86. The maximum Gasteiger partial charge on any atom is 0.231 e. The smallest absolute Gasteiger partial charge is 0.231 e. The van der Waals surface area contributed by atoms with Gasteiger partial charge >= 0.3 is 0 Å². The summed E-state index contributed by atoms with van der Waals surface area (Å²) in [4.78, 5) is 0. The highest BCUT2D eigenvalue weighted by atomic mass is 35.5. The predicted molar refractivity (Wildman–Crippen MR) is 103 cm³/mol. The van der Waals surface area contributed by atoms with E-state index in [1.54, 1.807) is 14.2 Å². The molecular weight excluding hydrogens is 394 g/mol. The Kier molecular flexibility index (Phi) is 5.04. The SMILES string of the molecule is COc1cc2cc3[n+](cc2cc1OC)CC(C)COc1cc2c(cc1-3)OCO2.[Cl-]. The van der Waals surface area contributed by atoms with Gasteiger partial charge in [-0.1, -0.05) is 6.92 Å². The van der Waals surface area contributed by atoms with Crippen LogP contribution in [0.1, 0.15) is 6.92 Å². The molecule has 152 valence electrons. The Labute approximate surface area is 175 Å². The van der Waals surface area contributed by atoms with Crippen LogP contribution >= 0.6 is 0 Å². The van der Waals surface area contributed by atoms with Crippen molar-refractivity contribution in [3.05, 3.63) is 36.5 Å². The third-order valence-electron chi connectivity index (χ3n) is 5.27. The summed E-state index contributed by atoms with van der Waals surface area (Å²) in [6, 6.07) is 10.1. The molecule has 7 heteroatoms. The second-order valence-electron chi connectivity index (χ2n) is 7.26. The van der Waals surface area contributed by atoms with Gasteiger partial charge in [-0.3, -0.25) is 0 Å². The van der Waals surface area contributed by atoms with Gasteiger partial charge in [-0.25, -0.2) is 0 Å². The summed E-state index contributed by atoms with van der Waals surface area (Å²) in [5.74, 6) is 4.08. The number of hydrogen-bond acceptors (Lipinski definition) is 5. The lowest BCUT2D eigenvalue weighted by atomic mass is 10.0. The first-order chi connectivity index (χ1) is 13.7. The van der Waals surface area contributed by atoms with Crippen LogP contribution in [-0.2, 0) is 6.54 Å². The summed E-state index contributed by atoms with van der Waals surface area (Å²) in [6.45, 7) is 3.92. The van der Waals surface area contributed by atoms with Crippen LogP contribution in [0.3, 0.4) is 0 Å². The van der Waals surface area contributed by atoms with Gasteiger partial charge < -0.3 is 36.1 Å². The molecule has 0 aliphatic carbocycles. The molecule has 1 atom stereocenters. The number of benzene rings is 2. The zero-order chi connectivity index (χ0) is 19.3. The van der Waals surface area contributed by atoms with Crippen molar-refractivity contribution in [2.45, 2.75) is 13.5 Å². The fraction of sp³-hybridized carbons (Fsp3) is 0.318. The van der Waals surface area contributed by atoms with Crippen LogP contribution in [0.2, 0.25) is 0 Å². The molecule has 0 saturated heterocycles. The lowest BCUT2D eigenvalue weighted by Gasteiger charge is -2.19. The van der Waals surface area contributed by atoms with Gasteiger partial charge in [0, 0.05) is 29.5 Å². The highest BCUT2D eigenvalue weighted by Crippen LogP contribution is 2.43. The summed E-state index contributed by atoms with van der Waals surface area (Å²) in [5.41, 5.74) is 2.06. The number of methoxy groups -OCH3 is 2. The second-order valence-corrected chi connectivity index (χ2v) is 7.26. The molecular formula is C22H22ClNO5. The number of pyridine rings is 1. The summed E-state index contributed by atoms with van der Waals surface area (Å²) < 4.78 is 30.5. The monoisotopic (exact) mass is 415 g/mol. The van der Waals surface area contributed by atoms with E-state index in [2.05, 4.69) is 23.8 Å². The minimum absolute atomic E-state index is 0. The largest absolute Gasteiger partial charge is 1.00 e. The van der Waals surface area contributed by atoms with E-state index in [0.29, 0.717) is 18.3 Å².